The van der Waals surface area contributed by atoms with E-state index in [0.717, 1.165) is 25.8 Å². The highest BCUT2D eigenvalue weighted by Gasteiger charge is 2.08. The second kappa shape index (κ2) is 7.75. The molecule has 0 aliphatic rings. The van der Waals surface area contributed by atoms with Crippen LogP contribution in [0, 0.1) is 4.77 Å². The maximum Gasteiger partial charge on any atom is 0.216 e. The molecular weight excluding hydrogens is 492 g/mol. The minimum absolute atomic E-state index is 0.406. The number of aromatic nitrogens is 3. The third kappa shape index (κ3) is 4.02. The molecule has 0 unspecified atom stereocenters. The number of furan rings is 1. The number of hydrogen-bond donors (Lipinski definition) is 1. The number of rotatable bonds is 4. The van der Waals surface area contributed by atoms with Gasteiger partial charge in [-0.15, -0.1) is 0 Å². The number of H-pyrrole nitrogens is 1. The lowest BCUT2D eigenvalue weighted by atomic mass is 10.2. The van der Waals surface area contributed by atoms with Gasteiger partial charge in [0.05, 0.1) is 6.21 Å². The molecule has 0 fully saturated rings. The molecule has 27 heavy (non-hydrogen) atoms. The molecule has 0 saturated heterocycles. The molecule has 8 heteroatoms. The zero-order valence-corrected chi connectivity index (χ0v) is 17.8. The lowest BCUT2D eigenvalue weighted by Crippen LogP contribution is -1.94. The van der Waals surface area contributed by atoms with Gasteiger partial charge in [-0.05, 0) is 48.6 Å². The van der Waals surface area contributed by atoms with E-state index in [1.165, 1.54) is 0 Å². The maximum atomic E-state index is 5.86. The molecule has 134 valence electrons. The molecule has 4 aromatic rings. The predicted molar refractivity (Wildman–Crippen MR) is 115 cm³/mol. The SMILES string of the molecule is S=c1[nH]nc(-c2ccc(Br)cc2)n1N=Cc1ccc(-c2ccc(Br)cc2)o1. The van der Waals surface area contributed by atoms with E-state index in [1.54, 1.807) is 10.9 Å². The van der Waals surface area contributed by atoms with Gasteiger partial charge in [-0.2, -0.15) is 14.9 Å². The fourth-order valence-corrected chi connectivity index (χ4v) is 3.20. The molecule has 2 heterocycles. The quantitative estimate of drug-likeness (QED) is 0.263. The van der Waals surface area contributed by atoms with Gasteiger partial charge in [-0.3, -0.25) is 0 Å². The molecule has 2 aromatic carbocycles. The predicted octanol–water partition coefficient (Wildman–Crippen LogP) is 6.27. The minimum atomic E-state index is 0.406. The first-order valence-electron chi connectivity index (χ1n) is 7.94. The van der Waals surface area contributed by atoms with E-state index < -0.39 is 0 Å². The van der Waals surface area contributed by atoms with Crippen molar-refractivity contribution in [2.45, 2.75) is 0 Å². The lowest BCUT2D eigenvalue weighted by Gasteiger charge is -2.00. The highest BCUT2D eigenvalue weighted by molar-refractivity contribution is 9.10. The Labute approximate surface area is 177 Å². The van der Waals surface area contributed by atoms with Gasteiger partial charge in [-0.25, -0.2) is 5.10 Å². The van der Waals surface area contributed by atoms with Crippen molar-refractivity contribution < 1.29 is 4.42 Å². The van der Waals surface area contributed by atoms with Crippen LogP contribution in [-0.4, -0.2) is 21.1 Å². The molecule has 0 aliphatic carbocycles. The zero-order valence-electron chi connectivity index (χ0n) is 13.8. The number of halogens is 2. The van der Waals surface area contributed by atoms with Crippen LogP contribution in [0.15, 0.2) is 79.1 Å². The summed E-state index contributed by atoms with van der Waals surface area (Å²) in [5.41, 5.74) is 1.89. The highest BCUT2D eigenvalue weighted by Crippen LogP contribution is 2.24. The molecule has 0 atom stereocenters. The van der Waals surface area contributed by atoms with Crippen molar-refractivity contribution >= 4 is 50.3 Å². The second-order valence-electron chi connectivity index (χ2n) is 5.62. The fraction of sp³-hybridized carbons (Fsp3) is 0. The van der Waals surface area contributed by atoms with Crippen LogP contribution in [0.3, 0.4) is 0 Å². The van der Waals surface area contributed by atoms with Crippen LogP contribution in [0.25, 0.3) is 22.7 Å². The topological polar surface area (TPSA) is 59.1 Å². The van der Waals surface area contributed by atoms with E-state index in [4.69, 9.17) is 16.6 Å². The molecule has 1 N–H and O–H groups in total. The van der Waals surface area contributed by atoms with Gasteiger partial charge < -0.3 is 4.42 Å². The van der Waals surface area contributed by atoms with Crippen LogP contribution < -0.4 is 0 Å². The molecular formula is C19H12Br2N4OS. The summed E-state index contributed by atoms with van der Waals surface area (Å²) in [6, 6.07) is 19.5. The molecule has 2 aromatic heterocycles. The number of hydrogen-bond acceptors (Lipinski definition) is 4. The molecule has 0 amide bonds. The lowest BCUT2D eigenvalue weighted by molar-refractivity contribution is 0.574. The van der Waals surface area contributed by atoms with Gasteiger partial charge in [-0.1, -0.05) is 56.1 Å². The van der Waals surface area contributed by atoms with Crippen LogP contribution >= 0.6 is 44.1 Å². The van der Waals surface area contributed by atoms with Crippen LogP contribution in [0.1, 0.15) is 5.76 Å². The van der Waals surface area contributed by atoms with Gasteiger partial charge in [0.2, 0.25) is 4.77 Å². The first-order chi connectivity index (χ1) is 13.1. The van der Waals surface area contributed by atoms with Crippen molar-refractivity contribution in [3.63, 3.8) is 0 Å². The monoisotopic (exact) mass is 502 g/mol. The average Bonchev–Trinajstić information content (AvgIpc) is 3.28. The van der Waals surface area contributed by atoms with Gasteiger partial charge in [0, 0.05) is 20.1 Å². The summed E-state index contributed by atoms with van der Waals surface area (Å²) in [5.74, 6) is 2.02. The third-order valence-corrected chi connectivity index (χ3v) is 5.13. The first-order valence-corrected chi connectivity index (χ1v) is 9.93. The summed E-state index contributed by atoms with van der Waals surface area (Å²) < 4.78 is 9.85. The molecule has 0 bridgehead atoms. The van der Waals surface area contributed by atoms with E-state index in [-0.39, 0.29) is 0 Å². The molecule has 0 spiro atoms. The average molecular weight is 504 g/mol. The summed E-state index contributed by atoms with van der Waals surface area (Å²) in [6.45, 7) is 0. The van der Waals surface area contributed by atoms with E-state index in [9.17, 15) is 0 Å². The van der Waals surface area contributed by atoms with E-state index in [2.05, 4.69) is 47.2 Å². The van der Waals surface area contributed by atoms with Crippen LogP contribution in [0.5, 0.6) is 0 Å². The van der Waals surface area contributed by atoms with Crippen molar-refractivity contribution in [3.05, 3.63) is 80.1 Å². The molecule has 0 aliphatic heterocycles. The van der Waals surface area contributed by atoms with E-state index >= 15 is 0 Å². The zero-order chi connectivity index (χ0) is 18.8. The molecule has 4 rings (SSSR count). The summed E-state index contributed by atoms with van der Waals surface area (Å²) in [5, 5.41) is 11.5. The van der Waals surface area contributed by atoms with E-state index in [1.807, 2.05) is 60.7 Å². The standard InChI is InChI=1S/C19H12Br2N4OS/c20-14-5-1-12(2-6-14)17-10-9-16(26-17)11-22-25-18(23-24-19(25)27)13-3-7-15(21)8-4-13/h1-11H,(H,24,27). The van der Waals surface area contributed by atoms with Crippen molar-refractivity contribution in [1.82, 2.24) is 14.9 Å². The molecule has 5 nitrogen and oxygen atoms in total. The summed E-state index contributed by atoms with van der Waals surface area (Å²) in [7, 11) is 0. The summed E-state index contributed by atoms with van der Waals surface area (Å²) >= 11 is 12.2. The Morgan fingerprint density at radius 3 is 2.22 bits per heavy atom. The van der Waals surface area contributed by atoms with Gasteiger partial charge >= 0.3 is 0 Å². The van der Waals surface area contributed by atoms with E-state index in [0.29, 0.717) is 16.4 Å². The number of benzene rings is 2. The Bertz CT molecular complexity index is 1160. The third-order valence-electron chi connectivity index (χ3n) is 3.81. The summed E-state index contributed by atoms with van der Waals surface area (Å²) in [4.78, 5) is 0. The smallest absolute Gasteiger partial charge is 0.216 e. The second-order valence-corrected chi connectivity index (χ2v) is 7.84. The molecule has 0 saturated carbocycles. The van der Waals surface area contributed by atoms with Crippen molar-refractivity contribution in [1.29, 1.82) is 0 Å². The van der Waals surface area contributed by atoms with Crippen molar-refractivity contribution in [2.24, 2.45) is 5.10 Å². The van der Waals surface area contributed by atoms with Crippen molar-refractivity contribution in [2.75, 3.05) is 0 Å². The summed E-state index contributed by atoms with van der Waals surface area (Å²) in [6.07, 6.45) is 1.62. The number of nitrogens with one attached hydrogen (secondary N) is 1. The Hall–Kier alpha value is -2.29. The maximum absolute atomic E-state index is 5.86. The Morgan fingerprint density at radius 1 is 0.926 bits per heavy atom. The van der Waals surface area contributed by atoms with Crippen LogP contribution in [-0.2, 0) is 0 Å². The Morgan fingerprint density at radius 2 is 1.56 bits per heavy atom. The Kier molecular flexibility index (Phi) is 5.20. The number of nitrogens with zero attached hydrogens (tertiary/aromatic N) is 3. The van der Waals surface area contributed by atoms with Gasteiger partial charge in [0.1, 0.15) is 11.5 Å². The molecule has 0 radical (unpaired) electrons. The minimum Gasteiger partial charge on any atom is -0.455 e. The normalized spacial score (nSPS) is 11.3. The first kappa shape index (κ1) is 18.1. The fourth-order valence-electron chi connectivity index (χ4n) is 2.49. The van der Waals surface area contributed by atoms with Gasteiger partial charge in [0.15, 0.2) is 5.82 Å². The largest absolute Gasteiger partial charge is 0.455 e. The van der Waals surface area contributed by atoms with Crippen LogP contribution in [0.2, 0.25) is 0 Å². The number of aromatic amines is 1. The van der Waals surface area contributed by atoms with Gasteiger partial charge in [0.25, 0.3) is 0 Å². The van der Waals surface area contributed by atoms with Crippen LogP contribution in [0.4, 0.5) is 0 Å². The Balaban J connectivity index is 1.62. The highest BCUT2D eigenvalue weighted by atomic mass is 79.9. The van der Waals surface area contributed by atoms with Crippen molar-refractivity contribution in [3.8, 4) is 22.7 Å².